The Morgan fingerprint density at radius 1 is 1.00 bits per heavy atom. The van der Waals surface area contributed by atoms with Crippen LogP contribution in [0.15, 0.2) is 0 Å². The van der Waals surface area contributed by atoms with E-state index in [9.17, 15) is 24.9 Å². The molecule has 182 valence electrons. The minimum atomic E-state index is -1.04. The van der Waals surface area contributed by atoms with E-state index in [-0.39, 0.29) is 53.2 Å². The fourth-order valence-corrected chi connectivity index (χ4v) is 8.54. The van der Waals surface area contributed by atoms with E-state index in [2.05, 4.69) is 19.2 Å². The first kappa shape index (κ1) is 24.0. The molecule has 0 heterocycles. The molecule has 4 rings (SSSR count). The van der Waals surface area contributed by atoms with E-state index in [1.165, 1.54) is 0 Å². The lowest BCUT2D eigenvalue weighted by molar-refractivity contribution is -0.204. The number of amides is 1. The molecule has 10 unspecified atom stereocenters. The van der Waals surface area contributed by atoms with Gasteiger partial charge in [-0.15, -0.1) is 0 Å². The van der Waals surface area contributed by atoms with Gasteiger partial charge in [-0.1, -0.05) is 13.8 Å². The maximum absolute atomic E-state index is 11.9. The summed E-state index contributed by atoms with van der Waals surface area (Å²) in [6.45, 7) is 4.19. The van der Waals surface area contributed by atoms with Crippen molar-refractivity contribution in [2.45, 2.75) is 96.4 Å². The van der Waals surface area contributed by atoms with Crippen LogP contribution in [0.3, 0.4) is 0 Å². The predicted molar refractivity (Wildman–Crippen MR) is 118 cm³/mol. The van der Waals surface area contributed by atoms with Crippen LogP contribution in [0.2, 0.25) is 0 Å². The van der Waals surface area contributed by atoms with Gasteiger partial charge < -0.3 is 25.7 Å². The summed E-state index contributed by atoms with van der Waals surface area (Å²) in [6.07, 6.45) is 6.79. The van der Waals surface area contributed by atoms with Gasteiger partial charge in [0.15, 0.2) is 0 Å². The molecule has 4 saturated carbocycles. The molecule has 0 radical (unpaired) electrons. The monoisotopic (exact) mass is 451 g/mol. The number of rotatable bonds is 6. The topological polar surface area (TPSA) is 127 Å². The Kier molecular flexibility index (Phi) is 6.65. The van der Waals surface area contributed by atoms with Crippen LogP contribution in [-0.2, 0) is 9.59 Å². The fourth-order valence-electron chi connectivity index (χ4n) is 8.54. The van der Waals surface area contributed by atoms with Crippen LogP contribution in [0.1, 0.15) is 78.1 Å². The fraction of sp³-hybridized carbons (Fsp3) is 0.920. The summed E-state index contributed by atoms with van der Waals surface area (Å²) in [5.41, 5.74) is -0.178. The number of hydrogen-bond donors (Lipinski definition) is 5. The van der Waals surface area contributed by atoms with Crippen LogP contribution in [0.25, 0.3) is 0 Å². The molecule has 0 aromatic heterocycles. The number of fused-ring (bicyclic) bond motifs is 5. The highest BCUT2D eigenvalue weighted by Gasteiger charge is 2.65. The van der Waals surface area contributed by atoms with Gasteiger partial charge in [0.1, 0.15) is 6.54 Å². The van der Waals surface area contributed by atoms with Crippen molar-refractivity contribution < 1.29 is 30.0 Å². The summed E-state index contributed by atoms with van der Waals surface area (Å²) in [5.74, 6) is 0.112. The van der Waals surface area contributed by atoms with E-state index in [1.54, 1.807) is 0 Å². The van der Waals surface area contributed by atoms with Gasteiger partial charge in [0.05, 0.1) is 18.3 Å². The van der Waals surface area contributed by atoms with Gasteiger partial charge in [-0.25, -0.2) is 0 Å². The summed E-state index contributed by atoms with van der Waals surface area (Å²) < 4.78 is 0. The molecule has 0 bridgehead atoms. The Hall–Kier alpha value is -1.18. The second-order valence-electron chi connectivity index (χ2n) is 11.7. The standard InChI is InChI=1S/C25H41NO6/c1-24-9-8-16(27)10-15(24)11-19(28)23-17-7-6-14(25(17,2)20(29)12-18(23)24)4-3-5-21(30)26-13-22(31)32/h14-20,23,27-29H,3-13H2,1-2H3,(H,26,30)(H,31,32). The zero-order valence-electron chi connectivity index (χ0n) is 19.5. The number of carbonyl (C=O) groups excluding carboxylic acids is 1. The first-order valence-corrected chi connectivity index (χ1v) is 12.6. The molecule has 7 nitrogen and oxygen atoms in total. The van der Waals surface area contributed by atoms with E-state index in [0.717, 1.165) is 44.9 Å². The summed E-state index contributed by atoms with van der Waals surface area (Å²) in [6, 6.07) is 0. The zero-order chi connectivity index (χ0) is 23.3. The predicted octanol–water partition coefficient (Wildman–Crippen LogP) is 2.32. The van der Waals surface area contributed by atoms with Crippen LogP contribution in [0.4, 0.5) is 0 Å². The van der Waals surface area contributed by atoms with Gasteiger partial charge in [0.2, 0.25) is 5.91 Å². The average Bonchev–Trinajstić information content (AvgIpc) is 3.06. The van der Waals surface area contributed by atoms with Crippen molar-refractivity contribution in [1.29, 1.82) is 0 Å². The van der Waals surface area contributed by atoms with Gasteiger partial charge in [0, 0.05) is 6.42 Å². The average molecular weight is 452 g/mol. The zero-order valence-corrected chi connectivity index (χ0v) is 19.5. The number of aliphatic carboxylic acids is 1. The third-order valence-electron chi connectivity index (χ3n) is 10.3. The minimum Gasteiger partial charge on any atom is -0.480 e. The maximum Gasteiger partial charge on any atom is 0.322 e. The minimum absolute atomic E-state index is 0.0752. The van der Waals surface area contributed by atoms with Crippen molar-refractivity contribution in [2.24, 2.45) is 40.4 Å². The lowest BCUT2D eigenvalue weighted by Crippen LogP contribution is -2.62. The largest absolute Gasteiger partial charge is 0.480 e. The SMILES string of the molecule is CC12CCC(O)CC1CC(O)C1C2CC(O)C2(C)C(CCCC(=O)NCC(=O)O)CCC12. The van der Waals surface area contributed by atoms with Crippen LogP contribution >= 0.6 is 0 Å². The molecule has 0 aromatic rings. The third kappa shape index (κ3) is 3.98. The quantitative estimate of drug-likeness (QED) is 0.422. The molecule has 7 heteroatoms. The van der Waals surface area contributed by atoms with Gasteiger partial charge in [-0.2, -0.15) is 0 Å². The smallest absolute Gasteiger partial charge is 0.322 e. The van der Waals surface area contributed by atoms with Crippen LogP contribution in [-0.4, -0.2) is 57.2 Å². The summed E-state index contributed by atoms with van der Waals surface area (Å²) in [7, 11) is 0. The lowest BCUT2D eigenvalue weighted by Gasteiger charge is -2.63. The van der Waals surface area contributed by atoms with Crippen LogP contribution in [0, 0.1) is 40.4 Å². The molecule has 4 fully saturated rings. The van der Waals surface area contributed by atoms with Crippen LogP contribution < -0.4 is 5.32 Å². The Morgan fingerprint density at radius 2 is 1.75 bits per heavy atom. The second kappa shape index (κ2) is 8.88. The molecule has 4 aliphatic carbocycles. The lowest BCUT2D eigenvalue weighted by atomic mass is 9.43. The van der Waals surface area contributed by atoms with Crippen molar-refractivity contribution in [3.8, 4) is 0 Å². The van der Waals surface area contributed by atoms with Crippen LogP contribution in [0.5, 0.6) is 0 Å². The molecule has 32 heavy (non-hydrogen) atoms. The number of carboxylic acid groups (broad SMARTS) is 1. The van der Waals surface area contributed by atoms with Crippen molar-refractivity contribution >= 4 is 11.9 Å². The number of aliphatic hydroxyl groups excluding tert-OH is 3. The highest BCUT2D eigenvalue weighted by Crippen LogP contribution is 2.67. The van der Waals surface area contributed by atoms with E-state index in [1.807, 2.05) is 0 Å². The normalized spacial score (nSPS) is 47.8. The molecule has 4 aliphatic rings. The Bertz CT molecular complexity index is 729. The highest BCUT2D eigenvalue weighted by atomic mass is 16.4. The van der Waals surface area contributed by atoms with Gasteiger partial charge >= 0.3 is 5.97 Å². The molecular weight excluding hydrogens is 410 g/mol. The molecule has 10 atom stereocenters. The molecule has 0 spiro atoms. The van der Waals surface area contributed by atoms with Gasteiger partial charge in [-0.3, -0.25) is 9.59 Å². The second-order valence-corrected chi connectivity index (χ2v) is 11.7. The Morgan fingerprint density at radius 3 is 2.47 bits per heavy atom. The van der Waals surface area contributed by atoms with Crippen molar-refractivity contribution in [2.75, 3.05) is 6.54 Å². The maximum atomic E-state index is 11.9. The highest BCUT2D eigenvalue weighted by molar-refractivity contribution is 5.80. The Labute approximate surface area is 191 Å². The van der Waals surface area contributed by atoms with Crippen molar-refractivity contribution in [1.82, 2.24) is 5.32 Å². The van der Waals surface area contributed by atoms with E-state index < -0.39 is 12.1 Å². The van der Waals surface area contributed by atoms with E-state index in [0.29, 0.717) is 31.1 Å². The molecule has 1 amide bonds. The number of aliphatic hydroxyl groups is 3. The third-order valence-corrected chi connectivity index (χ3v) is 10.3. The first-order chi connectivity index (χ1) is 15.1. The van der Waals surface area contributed by atoms with Crippen molar-refractivity contribution in [3.63, 3.8) is 0 Å². The number of hydrogen-bond acceptors (Lipinski definition) is 5. The molecule has 0 aromatic carbocycles. The van der Waals surface area contributed by atoms with E-state index >= 15 is 0 Å². The van der Waals surface area contributed by atoms with Crippen molar-refractivity contribution in [3.05, 3.63) is 0 Å². The van der Waals surface area contributed by atoms with Gasteiger partial charge in [-0.05, 0) is 98.2 Å². The number of carbonyl (C=O) groups is 2. The van der Waals surface area contributed by atoms with E-state index in [4.69, 9.17) is 5.11 Å². The first-order valence-electron chi connectivity index (χ1n) is 12.6. The molecule has 0 saturated heterocycles. The summed E-state index contributed by atoms with van der Waals surface area (Å²) in [4.78, 5) is 22.5. The summed E-state index contributed by atoms with van der Waals surface area (Å²) in [5, 5.41) is 44.1. The van der Waals surface area contributed by atoms with Gasteiger partial charge in [0.25, 0.3) is 0 Å². The Balaban J connectivity index is 1.45. The number of nitrogens with one attached hydrogen (secondary N) is 1. The number of carboxylic acids is 1. The molecule has 5 N–H and O–H groups in total. The summed E-state index contributed by atoms with van der Waals surface area (Å²) >= 11 is 0. The molecule has 0 aliphatic heterocycles. The molecular formula is C25H41NO6.